The molecule has 0 aliphatic heterocycles. The van der Waals surface area contributed by atoms with E-state index in [2.05, 4.69) is 0 Å². The van der Waals surface area contributed by atoms with Crippen LogP contribution in [0.15, 0.2) is 0 Å². The summed E-state index contributed by atoms with van der Waals surface area (Å²) >= 11 is 0. The minimum Gasteiger partial charge on any atom is -2.00 e. The van der Waals surface area contributed by atoms with Crippen molar-refractivity contribution in [3.8, 4) is 0 Å². The molecule has 0 aliphatic carbocycles. The van der Waals surface area contributed by atoms with Gasteiger partial charge in [-0.15, -0.1) is 0 Å². The van der Waals surface area contributed by atoms with E-state index in [9.17, 15) is 0 Å². The van der Waals surface area contributed by atoms with Crippen molar-refractivity contribution in [1.82, 2.24) is 0 Å². The van der Waals surface area contributed by atoms with Crippen LogP contribution in [0.5, 0.6) is 0 Å². The molecule has 0 aromatic carbocycles. The van der Waals surface area contributed by atoms with E-state index in [1.165, 1.54) is 0 Å². The van der Waals surface area contributed by atoms with E-state index < -0.39 is 0 Å². The molecule has 0 saturated heterocycles. The summed E-state index contributed by atoms with van der Waals surface area (Å²) in [6, 6.07) is 0. The summed E-state index contributed by atoms with van der Waals surface area (Å²) in [5.41, 5.74) is 0. The second kappa shape index (κ2) is 262. The van der Waals surface area contributed by atoms with Crippen LogP contribution in [0.1, 0.15) is 0 Å². The van der Waals surface area contributed by atoms with Crippen LogP contribution in [0.3, 0.4) is 0 Å². The molecule has 0 rings (SSSR count). The smallest absolute Gasteiger partial charge is 1.00 e. The minimum absolute atomic E-state index is 0. The molecule has 10 heteroatoms. The quantitative estimate of drug-likeness (QED) is 0.335. The second-order valence-corrected chi connectivity index (χ2v) is 0. The Morgan fingerprint density at radius 2 is 0.300 bits per heavy atom. The van der Waals surface area contributed by atoms with Gasteiger partial charge >= 0.3 is 59.1 Å². The fourth-order valence-electron chi connectivity index (χ4n) is 0. The third kappa shape index (κ3) is 193. The van der Waals surface area contributed by atoms with Crippen LogP contribution in [0.4, 0.5) is 0 Å². The van der Waals surface area contributed by atoms with Gasteiger partial charge in [0, 0.05) is 0 Å². The number of hydrogen-bond acceptors (Lipinski definition) is 0. The summed E-state index contributed by atoms with van der Waals surface area (Å²) in [4.78, 5) is 0. The molecule has 0 aliphatic rings. The molecule has 7 nitrogen and oxygen atoms in total. The van der Waals surface area contributed by atoms with E-state index in [1.807, 2.05) is 0 Å². The first-order chi connectivity index (χ1) is 0. The van der Waals surface area contributed by atoms with Crippen molar-refractivity contribution in [2.45, 2.75) is 0 Å². The fraction of sp³-hybridized carbons (Fsp3) is 0. The van der Waals surface area contributed by atoms with Crippen molar-refractivity contribution in [1.29, 1.82) is 0 Å². The largest absolute Gasteiger partial charge is 2.00 e. The Morgan fingerprint density at radius 3 is 0.300 bits per heavy atom. The molecule has 0 radical (unpaired) electrons. The van der Waals surface area contributed by atoms with Crippen LogP contribution < -0.4 is 59.1 Å². The molecule has 0 spiro atoms. The molecule has 0 atom stereocenters. The standard InChI is InChI=1S/2Na.7H2O.S/h;;7*1H2;/q2*+1;;;;;;;;-2. The Bertz CT molecular complexity index is 11.6. The van der Waals surface area contributed by atoms with Crippen molar-refractivity contribution >= 4 is 13.5 Å². The van der Waals surface area contributed by atoms with Crippen LogP contribution in [-0.4, -0.2) is 38.3 Å². The first-order valence-corrected chi connectivity index (χ1v) is 0. The summed E-state index contributed by atoms with van der Waals surface area (Å²) in [6.45, 7) is 0. The molecule has 0 unspecified atom stereocenters. The van der Waals surface area contributed by atoms with Gasteiger partial charge in [0.15, 0.2) is 0 Å². The molecular weight excluding hydrogens is 190 g/mol. The minimum atomic E-state index is 0. The Balaban J connectivity index is 0. The maximum Gasteiger partial charge on any atom is 1.00 e. The van der Waals surface area contributed by atoms with Crippen LogP contribution >= 0.6 is 0 Å². The Labute approximate surface area is 110 Å². The normalized spacial score (nSPS) is 0. The monoisotopic (exact) mass is 204 g/mol. The van der Waals surface area contributed by atoms with Crippen molar-refractivity contribution < 1.29 is 97.4 Å². The van der Waals surface area contributed by atoms with Gasteiger partial charge in [-0.25, -0.2) is 0 Å². The molecule has 0 amide bonds. The van der Waals surface area contributed by atoms with Gasteiger partial charge in [0.05, 0.1) is 0 Å². The van der Waals surface area contributed by atoms with E-state index in [0.29, 0.717) is 0 Å². The summed E-state index contributed by atoms with van der Waals surface area (Å²) in [7, 11) is 0. The molecule has 14 N–H and O–H groups in total. The van der Waals surface area contributed by atoms with Gasteiger partial charge in [0.2, 0.25) is 0 Å². The third-order valence-electron chi connectivity index (χ3n) is 0. The summed E-state index contributed by atoms with van der Waals surface area (Å²) < 4.78 is 0. The fourth-order valence-corrected chi connectivity index (χ4v) is 0. The zero-order chi connectivity index (χ0) is 0. The second-order valence-electron chi connectivity index (χ2n) is 0. The van der Waals surface area contributed by atoms with Gasteiger partial charge in [-0.1, -0.05) is 0 Å². The van der Waals surface area contributed by atoms with Gasteiger partial charge in [-0.05, 0) is 0 Å². The molecule has 0 aromatic heterocycles. The Hall–Kier alpha value is 2.07. The van der Waals surface area contributed by atoms with Crippen LogP contribution in [0.2, 0.25) is 0 Å². The molecule has 0 bridgehead atoms. The SMILES string of the molecule is O.O.O.O.O.O.O.[Na+].[Na+].[S-2]. The topological polar surface area (TPSA) is 220 Å². The predicted molar refractivity (Wildman–Crippen MR) is 32.7 cm³/mol. The van der Waals surface area contributed by atoms with E-state index in [4.69, 9.17) is 0 Å². The maximum absolute atomic E-state index is 0. The van der Waals surface area contributed by atoms with Gasteiger partial charge < -0.3 is 51.8 Å². The Morgan fingerprint density at radius 1 is 0.300 bits per heavy atom. The van der Waals surface area contributed by atoms with Gasteiger partial charge in [-0.3, -0.25) is 0 Å². The third-order valence-corrected chi connectivity index (χ3v) is 0. The van der Waals surface area contributed by atoms with Crippen LogP contribution in [-0.2, 0) is 13.5 Å². The van der Waals surface area contributed by atoms with Gasteiger partial charge in [0.1, 0.15) is 0 Å². The van der Waals surface area contributed by atoms with Gasteiger partial charge in [-0.2, -0.15) is 0 Å². The molecule has 0 fully saturated rings. The molecule has 0 saturated carbocycles. The summed E-state index contributed by atoms with van der Waals surface area (Å²) in [5.74, 6) is 0. The molecule has 10 heavy (non-hydrogen) atoms. The van der Waals surface area contributed by atoms with Crippen LogP contribution in [0.25, 0.3) is 0 Å². The van der Waals surface area contributed by atoms with E-state index in [-0.39, 0.29) is 111 Å². The maximum atomic E-state index is 0. The van der Waals surface area contributed by atoms with E-state index in [0.717, 1.165) is 0 Å². The van der Waals surface area contributed by atoms with E-state index in [1.54, 1.807) is 0 Å². The number of rotatable bonds is 0. The van der Waals surface area contributed by atoms with Crippen molar-refractivity contribution in [2.24, 2.45) is 0 Å². The van der Waals surface area contributed by atoms with Crippen molar-refractivity contribution in [2.75, 3.05) is 0 Å². The van der Waals surface area contributed by atoms with E-state index >= 15 is 0 Å². The zero-order valence-corrected chi connectivity index (χ0v) is 10.7. The average Bonchev–Trinajstić information content (AvgIpc) is 0. The summed E-state index contributed by atoms with van der Waals surface area (Å²) in [6.07, 6.45) is 0. The van der Waals surface area contributed by atoms with Crippen molar-refractivity contribution in [3.05, 3.63) is 0 Å². The first kappa shape index (κ1) is 345. The molecule has 64 valence electrons. The first-order valence-electron chi connectivity index (χ1n) is 0. The Kier molecular flexibility index (Phi) is 9040. The zero-order valence-electron chi connectivity index (χ0n) is 5.91. The average molecular weight is 204 g/mol. The molecule has 0 heterocycles. The molecule has 0 aromatic rings. The van der Waals surface area contributed by atoms with Crippen LogP contribution in [0, 0.1) is 0 Å². The predicted octanol–water partition coefficient (Wildman–Crippen LogP) is -11.8. The summed E-state index contributed by atoms with van der Waals surface area (Å²) in [5, 5.41) is 0. The van der Waals surface area contributed by atoms with Gasteiger partial charge in [0.25, 0.3) is 0 Å². The number of hydrogen-bond donors (Lipinski definition) is 0. The van der Waals surface area contributed by atoms with Crippen molar-refractivity contribution in [3.63, 3.8) is 0 Å². The molecular formula is H14Na2O7S.